The molecule has 0 heterocycles. The van der Waals surface area contributed by atoms with Crippen LogP contribution in [0.1, 0.15) is 12.5 Å². The van der Waals surface area contributed by atoms with Crippen LogP contribution in [0.5, 0.6) is 5.75 Å². The van der Waals surface area contributed by atoms with E-state index in [1.54, 1.807) is 12.1 Å². The maximum Gasteiger partial charge on any atom is 0.350 e. The molecular weight excluding hydrogens is 208 g/mol. The zero-order valence-electron chi connectivity index (χ0n) is 9.69. The van der Waals surface area contributed by atoms with Crippen LogP contribution in [0, 0.1) is 6.92 Å². The molecule has 0 saturated heterocycles. The average Bonchev–Trinajstić information content (AvgIpc) is 2.21. The second-order valence-corrected chi connectivity index (χ2v) is 3.84. The van der Waals surface area contributed by atoms with Crippen LogP contribution in [0.3, 0.4) is 0 Å². The summed E-state index contributed by atoms with van der Waals surface area (Å²) >= 11 is 0. The van der Waals surface area contributed by atoms with E-state index >= 15 is 0 Å². The summed E-state index contributed by atoms with van der Waals surface area (Å²) in [6.07, 6.45) is 0. The maximum atomic E-state index is 11.1. The normalized spacial score (nSPS) is 14.2. The van der Waals surface area contributed by atoms with Crippen LogP contribution < -0.4 is 4.74 Å². The molecule has 1 unspecified atom stereocenters. The largest absolute Gasteiger partial charge is 0.478 e. The van der Waals surface area contributed by atoms with Gasteiger partial charge in [0.2, 0.25) is 5.60 Å². The highest BCUT2D eigenvalue weighted by Crippen LogP contribution is 2.22. The summed E-state index contributed by atoms with van der Waals surface area (Å²) in [7, 11) is 1.45. The van der Waals surface area contributed by atoms with E-state index < -0.39 is 11.6 Å². The third-order valence-corrected chi connectivity index (χ3v) is 2.30. The monoisotopic (exact) mass is 224 g/mol. The summed E-state index contributed by atoms with van der Waals surface area (Å²) < 4.78 is 10.4. The third-order valence-electron chi connectivity index (χ3n) is 2.30. The van der Waals surface area contributed by atoms with Gasteiger partial charge in [-0.05, 0) is 25.5 Å². The van der Waals surface area contributed by atoms with Gasteiger partial charge in [0.1, 0.15) is 5.75 Å². The number of hydrogen-bond donors (Lipinski definition) is 1. The van der Waals surface area contributed by atoms with Crippen molar-refractivity contribution in [2.75, 3.05) is 13.7 Å². The molecule has 0 amide bonds. The molecule has 0 fully saturated rings. The average molecular weight is 224 g/mol. The van der Waals surface area contributed by atoms with E-state index in [9.17, 15) is 4.79 Å². The highest BCUT2D eigenvalue weighted by atomic mass is 16.6. The first-order valence-corrected chi connectivity index (χ1v) is 4.96. The van der Waals surface area contributed by atoms with E-state index in [0.717, 1.165) is 5.56 Å². The number of para-hydroxylation sites is 1. The van der Waals surface area contributed by atoms with Gasteiger partial charge in [0, 0.05) is 7.11 Å². The van der Waals surface area contributed by atoms with Crippen LogP contribution in [-0.4, -0.2) is 30.4 Å². The number of hydrogen-bond acceptors (Lipinski definition) is 3. The fourth-order valence-corrected chi connectivity index (χ4v) is 1.32. The molecule has 1 aromatic carbocycles. The Hall–Kier alpha value is -1.55. The van der Waals surface area contributed by atoms with Crippen molar-refractivity contribution in [2.24, 2.45) is 0 Å². The van der Waals surface area contributed by atoms with Gasteiger partial charge in [-0.25, -0.2) is 4.79 Å². The van der Waals surface area contributed by atoms with Crippen LogP contribution in [0.2, 0.25) is 0 Å². The van der Waals surface area contributed by atoms with E-state index in [2.05, 4.69) is 0 Å². The quantitative estimate of drug-likeness (QED) is 0.829. The molecule has 0 aliphatic heterocycles. The van der Waals surface area contributed by atoms with Gasteiger partial charge in [-0.15, -0.1) is 0 Å². The van der Waals surface area contributed by atoms with E-state index in [1.165, 1.54) is 14.0 Å². The Morgan fingerprint density at radius 3 is 2.56 bits per heavy atom. The predicted molar refractivity (Wildman–Crippen MR) is 59.7 cm³/mol. The van der Waals surface area contributed by atoms with E-state index in [0.29, 0.717) is 5.75 Å². The van der Waals surface area contributed by atoms with Gasteiger partial charge >= 0.3 is 5.97 Å². The molecule has 4 heteroatoms. The molecular formula is C12H16O4. The van der Waals surface area contributed by atoms with Gasteiger partial charge in [0.15, 0.2) is 0 Å². The first-order chi connectivity index (χ1) is 7.49. The summed E-state index contributed by atoms with van der Waals surface area (Å²) in [5.74, 6) is -0.484. The summed E-state index contributed by atoms with van der Waals surface area (Å²) in [6.45, 7) is 3.35. The molecule has 4 nitrogen and oxygen atoms in total. The molecule has 0 aliphatic carbocycles. The first kappa shape index (κ1) is 12.5. The molecule has 1 aromatic rings. The summed E-state index contributed by atoms with van der Waals surface area (Å²) in [6, 6.07) is 7.28. The van der Waals surface area contributed by atoms with Gasteiger partial charge in [0.25, 0.3) is 0 Å². The number of ether oxygens (including phenoxy) is 2. The van der Waals surface area contributed by atoms with Crippen LogP contribution in [0.4, 0.5) is 0 Å². The fraction of sp³-hybridized carbons (Fsp3) is 0.417. The number of carboxylic acid groups (broad SMARTS) is 1. The number of aliphatic carboxylic acids is 1. The highest BCUT2D eigenvalue weighted by Gasteiger charge is 2.36. The molecule has 16 heavy (non-hydrogen) atoms. The first-order valence-electron chi connectivity index (χ1n) is 4.96. The predicted octanol–water partition coefficient (Wildman–Crippen LogP) is 1.86. The second kappa shape index (κ2) is 4.99. The van der Waals surface area contributed by atoms with Gasteiger partial charge in [-0.2, -0.15) is 0 Å². The van der Waals surface area contributed by atoms with E-state index in [-0.39, 0.29) is 6.61 Å². The molecule has 0 aromatic heterocycles. The summed E-state index contributed by atoms with van der Waals surface area (Å²) in [5.41, 5.74) is -0.466. The lowest BCUT2D eigenvalue weighted by molar-refractivity contribution is -0.158. The molecule has 1 rings (SSSR count). The Kier molecular flexibility index (Phi) is 3.90. The van der Waals surface area contributed by atoms with Crippen molar-refractivity contribution >= 4 is 5.97 Å². The molecule has 0 spiro atoms. The van der Waals surface area contributed by atoms with Gasteiger partial charge in [-0.3, -0.25) is 0 Å². The van der Waals surface area contributed by atoms with Crippen LogP contribution in [0.25, 0.3) is 0 Å². The molecule has 88 valence electrons. The van der Waals surface area contributed by atoms with Crippen molar-refractivity contribution in [1.82, 2.24) is 0 Å². The Morgan fingerprint density at radius 1 is 1.44 bits per heavy atom. The Balaban J connectivity index is 2.92. The minimum Gasteiger partial charge on any atom is -0.478 e. The number of rotatable bonds is 5. The van der Waals surface area contributed by atoms with Crippen molar-refractivity contribution in [2.45, 2.75) is 19.4 Å². The molecule has 1 atom stereocenters. The van der Waals surface area contributed by atoms with Gasteiger partial charge in [0.05, 0.1) is 6.61 Å². The minimum absolute atomic E-state index is 0.00331. The minimum atomic E-state index is -1.36. The van der Waals surface area contributed by atoms with Crippen molar-refractivity contribution < 1.29 is 19.4 Å². The topological polar surface area (TPSA) is 55.8 Å². The molecule has 0 saturated carbocycles. The zero-order chi connectivity index (χ0) is 12.2. The Bertz CT molecular complexity index is 375. The summed E-state index contributed by atoms with van der Waals surface area (Å²) in [4.78, 5) is 11.1. The summed E-state index contributed by atoms with van der Waals surface area (Å²) in [5, 5.41) is 9.11. The number of carboxylic acids is 1. The fourth-order valence-electron chi connectivity index (χ4n) is 1.32. The van der Waals surface area contributed by atoms with Crippen LogP contribution in [-0.2, 0) is 9.53 Å². The lowest BCUT2D eigenvalue weighted by Crippen LogP contribution is -2.45. The molecule has 0 radical (unpaired) electrons. The molecule has 0 bridgehead atoms. The number of methoxy groups -OCH3 is 1. The van der Waals surface area contributed by atoms with Crippen LogP contribution >= 0.6 is 0 Å². The number of aryl methyl sites for hydroxylation is 1. The standard InChI is InChI=1S/C12H16O4/c1-9-6-4-5-7-10(9)16-12(2,8-15-3)11(13)14/h4-7H,8H2,1-3H3,(H,13,14). The van der Waals surface area contributed by atoms with Gasteiger partial charge in [-0.1, -0.05) is 18.2 Å². The van der Waals surface area contributed by atoms with E-state index in [1.807, 2.05) is 19.1 Å². The van der Waals surface area contributed by atoms with Crippen molar-refractivity contribution in [3.63, 3.8) is 0 Å². The smallest absolute Gasteiger partial charge is 0.350 e. The SMILES string of the molecule is COCC(C)(Oc1ccccc1C)C(=O)O. The van der Waals surface area contributed by atoms with Crippen molar-refractivity contribution in [1.29, 1.82) is 0 Å². The molecule has 1 N–H and O–H groups in total. The Morgan fingerprint density at radius 2 is 2.06 bits per heavy atom. The zero-order valence-corrected chi connectivity index (χ0v) is 9.69. The third kappa shape index (κ3) is 2.73. The second-order valence-electron chi connectivity index (χ2n) is 3.84. The van der Waals surface area contributed by atoms with Crippen molar-refractivity contribution in [3.8, 4) is 5.75 Å². The van der Waals surface area contributed by atoms with Crippen LogP contribution in [0.15, 0.2) is 24.3 Å². The highest BCUT2D eigenvalue weighted by molar-refractivity contribution is 5.77. The van der Waals surface area contributed by atoms with Crippen molar-refractivity contribution in [3.05, 3.63) is 29.8 Å². The number of benzene rings is 1. The lowest BCUT2D eigenvalue weighted by Gasteiger charge is -2.26. The molecule has 0 aliphatic rings. The number of carbonyl (C=O) groups is 1. The maximum absolute atomic E-state index is 11.1. The van der Waals surface area contributed by atoms with E-state index in [4.69, 9.17) is 14.6 Å². The lowest BCUT2D eigenvalue weighted by atomic mass is 10.1. The van der Waals surface area contributed by atoms with Gasteiger partial charge < -0.3 is 14.6 Å². The Labute approximate surface area is 94.8 Å².